The van der Waals surface area contributed by atoms with Crippen LogP contribution in [0, 0.1) is 13.8 Å². The summed E-state index contributed by atoms with van der Waals surface area (Å²) in [5.74, 6) is -0.322. The molecule has 0 aliphatic heterocycles. The molecule has 0 aromatic heterocycles. The number of halogens is 1. The van der Waals surface area contributed by atoms with Crippen molar-refractivity contribution < 1.29 is 18.0 Å². The Balaban J connectivity index is 1.73. The van der Waals surface area contributed by atoms with Crippen LogP contribution in [0.4, 0.5) is 5.69 Å². The first-order chi connectivity index (χ1) is 17.5. The molecule has 2 amide bonds. The highest BCUT2D eigenvalue weighted by atomic mass is 79.9. The molecule has 1 aliphatic rings. The van der Waals surface area contributed by atoms with Gasteiger partial charge in [-0.3, -0.25) is 13.9 Å². The van der Waals surface area contributed by atoms with Gasteiger partial charge in [0.15, 0.2) is 0 Å². The molecule has 1 unspecified atom stereocenters. The van der Waals surface area contributed by atoms with Crippen molar-refractivity contribution in [3.05, 3.63) is 63.6 Å². The zero-order chi connectivity index (χ0) is 27.2. The first-order valence-corrected chi connectivity index (χ1v) is 15.5. The molecule has 0 saturated heterocycles. The third kappa shape index (κ3) is 8.04. The molecule has 1 saturated carbocycles. The lowest BCUT2D eigenvalue weighted by atomic mass is 10.1. The van der Waals surface area contributed by atoms with E-state index in [1.807, 2.05) is 50.2 Å². The van der Waals surface area contributed by atoms with E-state index in [1.54, 1.807) is 17.9 Å². The van der Waals surface area contributed by atoms with E-state index in [-0.39, 0.29) is 30.8 Å². The minimum atomic E-state index is -3.53. The van der Waals surface area contributed by atoms with Crippen molar-refractivity contribution in [1.82, 2.24) is 10.2 Å². The molecule has 1 aliphatic carbocycles. The van der Waals surface area contributed by atoms with Gasteiger partial charge < -0.3 is 10.2 Å². The van der Waals surface area contributed by atoms with Crippen molar-refractivity contribution in [3.63, 3.8) is 0 Å². The molecule has 0 radical (unpaired) electrons. The fourth-order valence-corrected chi connectivity index (χ4v) is 6.03. The van der Waals surface area contributed by atoms with Crippen molar-refractivity contribution in [3.8, 4) is 0 Å². The summed E-state index contributed by atoms with van der Waals surface area (Å²) < 4.78 is 27.5. The van der Waals surface area contributed by atoms with Crippen LogP contribution >= 0.6 is 15.9 Å². The van der Waals surface area contributed by atoms with E-state index >= 15 is 0 Å². The Hall–Kier alpha value is -2.39. The van der Waals surface area contributed by atoms with Crippen molar-refractivity contribution in [1.29, 1.82) is 0 Å². The second-order valence-corrected chi connectivity index (χ2v) is 12.8. The highest BCUT2D eigenvalue weighted by Gasteiger charge is 2.29. The van der Waals surface area contributed by atoms with Gasteiger partial charge in [-0.2, -0.15) is 0 Å². The topological polar surface area (TPSA) is 86.8 Å². The summed E-state index contributed by atoms with van der Waals surface area (Å²) in [6.45, 7) is 6.10. The maximum Gasteiger partial charge on any atom is 0.242 e. The number of aryl methyl sites for hydroxylation is 1. The molecular formula is C28H38BrN3O4S. The fraction of sp³-hybridized carbons (Fsp3) is 0.500. The number of carbonyl (C=O) groups excluding carboxylic acids is 2. The van der Waals surface area contributed by atoms with E-state index in [0.29, 0.717) is 18.7 Å². The van der Waals surface area contributed by atoms with Gasteiger partial charge >= 0.3 is 0 Å². The van der Waals surface area contributed by atoms with Gasteiger partial charge in [-0.05, 0) is 74.9 Å². The summed E-state index contributed by atoms with van der Waals surface area (Å²) in [7, 11) is -3.53. The van der Waals surface area contributed by atoms with E-state index in [9.17, 15) is 18.0 Å². The first-order valence-electron chi connectivity index (χ1n) is 12.9. The summed E-state index contributed by atoms with van der Waals surface area (Å²) in [6.07, 6.45) is 5.82. The van der Waals surface area contributed by atoms with Gasteiger partial charge in [-0.1, -0.05) is 53.0 Å². The van der Waals surface area contributed by atoms with E-state index in [4.69, 9.17) is 0 Å². The summed E-state index contributed by atoms with van der Waals surface area (Å²) in [6, 6.07) is 12.8. The number of nitrogens with zero attached hydrogens (tertiary/aromatic N) is 2. The van der Waals surface area contributed by atoms with Crippen molar-refractivity contribution >= 4 is 43.5 Å². The molecule has 2 aromatic rings. The minimum Gasteiger partial charge on any atom is -0.352 e. The van der Waals surface area contributed by atoms with E-state index < -0.39 is 16.1 Å². The molecule has 2 aromatic carbocycles. The molecule has 1 fully saturated rings. The van der Waals surface area contributed by atoms with Gasteiger partial charge in [0, 0.05) is 30.0 Å². The van der Waals surface area contributed by atoms with Gasteiger partial charge in [0.2, 0.25) is 21.8 Å². The first kappa shape index (κ1) is 29.2. The number of carbonyl (C=O) groups is 2. The molecular weight excluding hydrogens is 554 g/mol. The molecule has 202 valence electrons. The maximum absolute atomic E-state index is 13.5. The van der Waals surface area contributed by atoms with Gasteiger partial charge in [-0.15, -0.1) is 0 Å². The van der Waals surface area contributed by atoms with Crippen molar-refractivity contribution in [2.45, 2.75) is 77.9 Å². The summed E-state index contributed by atoms with van der Waals surface area (Å²) in [4.78, 5) is 28.1. The van der Waals surface area contributed by atoms with Crippen LogP contribution in [0.15, 0.2) is 46.9 Å². The fourth-order valence-electron chi connectivity index (χ4n) is 4.75. The van der Waals surface area contributed by atoms with Crippen LogP contribution in [-0.2, 0) is 26.2 Å². The van der Waals surface area contributed by atoms with Crippen LogP contribution in [0.2, 0.25) is 0 Å². The third-order valence-corrected chi connectivity index (χ3v) is 8.84. The Labute approximate surface area is 229 Å². The molecule has 0 bridgehead atoms. The zero-order valence-electron chi connectivity index (χ0n) is 22.2. The molecule has 1 N–H and O–H groups in total. The van der Waals surface area contributed by atoms with Crippen LogP contribution in [0.1, 0.15) is 62.1 Å². The van der Waals surface area contributed by atoms with Crippen LogP contribution in [0.3, 0.4) is 0 Å². The number of hydrogen-bond donors (Lipinski definition) is 1. The lowest BCUT2D eigenvalue weighted by Crippen LogP contribution is -2.49. The van der Waals surface area contributed by atoms with E-state index in [0.717, 1.165) is 46.8 Å². The summed E-state index contributed by atoms with van der Waals surface area (Å²) >= 11 is 3.44. The van der Waals surface area contributed by atoms with Gasteiger partial charge in [-0.25, -0.2) is 8.42 Å². The Morgan fingerprint density at radius 3 is 2.35 bits per heavy atom. The maximum atomic E-state index is 13.5. The number of sulfonamides is 1. The number of nitrogens with one attached hydrogen (secondary N) is 1. The molecule has 9 heteroatoms. The average molecular weight is 593 g/mol. The molecule has 7 nitrogen and oxygen atoms in total. The van der Waals surface area contributed by atoms with Crippen molar-refractivity contribution in [2.24, 2.45) is 0 Å². The van der Waals surface area contributed by atoms with E-state index in [2.05, 4.69) is 21.2 Å². The largest absolute Gasteiger partial charge is 0.352 e. The number of anilines is 1. The Bertz CT molecular complexity index is 1190. The average Bonchev–Trinajstić information content (AvgIpc) is 3.35. The minimum absolute atomic E-state index is 0.133. The van der Waals surface area contributed by atoms with Gasteiger partial charge in [0.1, 0.15) is 6.04 Å². The highest BCUT2D eigenvalue weighted by Crippen LogP contribution is 2.26. The standard InChI is InChI=1S/C28H38BrN3O4S/c1-20-9-7-12-26(21(20)2)32(37(4,35)36)18-8-13-27(33)31(19-23-14-16-24(29)17-15-23)22(3)28(34)30-25-10-5-6-11-25/h7,9,12,14-17,22,25H,5-6,8,10-11,13,18-19H2,1-4H3,(H,30,34). The predicted octanol–water partition coefficient (Wildman–Crippen LogP) is 5.09. The number of hydrogen-bond acceptors (Lipinski definition) is 4. The van der Waals surface area contributed by atoms with Crippen LogP contribution < -0.4 is 9.62 Å². The van der Waals surface area contributed by atoms with E-state index in [1.165, 1.54) is 10.6 Å². The molecule has 37 heavy (non-hydrogen) atoms. The number of amides is 2. The normalized spacial score (nSPS) is 14.8. The van der Waals surface area contributed by atoms with Crippen LogP contribution in [-0.4, -0.2) is 50.0 Å². The third-order valence-electron chi connectivity index (χ3n) is 7.13. The smallest absolute Gasteiger partial charge is 0.242 e. The van der Waals surface area contributed by atoms with Gasteiger partial charge in [0.25, 0.3) is 0 Å². The highest BCUT2D eigenvalue weighted by molar-refractivity contribution is 9.10. The van der Waals surface area contributed by atoms with Crippen molar-refractivity contribution in [2.75, 3.05) is 17.1 Å². The lowest BCUT2D eigenvalue weighted by molar-refractivity contribution is -0.141. The number of benzene rings is 2. The Morgan fingerprint density at radius 1 is 1.08 bits per heavy atom. The molecule has 3 rings (SSSR count). The predicted molar refractivity (Wildman–Crippen MR) is 152 cm³/mol. The summed E-state index contributed by atoms with van der Waals surface area (Å²) in [5.41, 5.74) is 3.45. The monoisotopic (exact) mass is 591 g/mol. The lowest BCUT2D eigenvalue weighted by Gasteiger charge is -2.30. The Kier molecular flexibility index (Phi) is 10.2. The molecule has 1 atom stereocenters. The second-order valence-electron chi connectivity index (χ2n) is 9.97. The number of rotatable bonds is 11. The second kappa shape index (κ2) is 12.9. The van der Waals surface area contributed by atoms with Gasteiger partial charge in [0.05, 0.1) is 11.9 Å². The van der Waals surface area contributed by atoms with Crippen LogP contribution in [0.25, 0.3) is 0 Å². The summed E-state index contributed by atoms with van der Waals surface area (Å²) in [5, 5.41) is 3.11. The molecule has 0 spiro atoms. The van der Waals surface area contributed by atoms with Crippen LogP contribution in [0.5, 0.6) is 0 Å². The Morgan fingerprint density at radius 2 is 1.73 bits per heavy atom. The molecule has 0 heterocycles. The SMILES string of the molecule is Cc1cccc(N(CCCC(=O)N(Cc2ccc(Br)cc2)C(C)C(=O)NC2CCCC2)S(C)(=O)=O)c1C. The zero-order valence-corrected chi connectivity index (χ0v) is 24.6. The quantitative estimate of drug-likeness (QED) is 0.394.